The molecule has 0 saturated carbocycles. The third kappa shape index (κ3) is 3.59. The summed E-state index contributed by atoms with van der Waals surface area (Å²) < 4.78 is -1.18. The number of amides is 1. The van der Waals surface area contributed by atoms with E-state index in [4.69, 9.17) is 34.8 Å². The van der Waals surface area contributed by atoms with Gasteiger partial charge in [0.15, 0.2) is 5.13 Å². The molecule has 3 nitrogen and oxygen atoms in total. The molecule has 1 rings (SSSR count). The standard InChI is InChI=1S/C5H2BrCl3N2OS/c6-2-1-10-4(13-2)11-3(12)5(7,8)9/h1H,(H,10,11,12). The van der Waals surface area contributed by atoms with Gasteiger partial charge in [-0.1, -0.05) is 46.1 Å². The third-order valence-electron chi connectivity index (χ3n) is 0.955. The van der Waals surface area contributed by atoms with Gasteiger partial charge in [0.05, 0.1) is 9.98 Å². The van der Waals surface area contributed by atoms with Crippen LogP contribution in [0.4, 0.5) is 5.13 Å². The molecule has 0 unspecified atom stereocenters. The highest BCUT2D eigenvalue weighted by atomic mass is 79.9. The molecule has 0 aromatic carbocycles. The van der Waals surface area contributed by atoms with Gasteiger partial charge in [-0.25, -0.2) is 4.98 Å². The van der Waals surface area contributed by atoms with Crippen molar-refractivity contribution in [2.75, 3.05) is 5.32 Å². The molecule has 72 valence electrons. The van der Waals surface area contributed by atoms with E-state index in [0.29, 0.717) is 5.13 Å². The number of hydrogen-bond donors (Lipinski definition) is 1. The van der Waals surface area contributed by atoms with E-state index < -0.39 is 9.70 Å². The number of halogens is 4. The zero-order valence-electron chi connectivity index (χ0n) is 5.85. The molecule has 0 aliphatic carbocycles. The van der Waals surface area contributed by atoms with Crippen LogP contribution in [0.25, 0.3) is 0 Å². The van der Waals surface area contributed by atoms with E-state index in [2.05, 4.69) is 26.2 Å². The molecule has 0 spiro atoms. The zero-order valence-corrected chi connectivity index (χ0v) is 10.5. The lowest BCUT2D eigenvalue weighted by Crippen LogP contribution is -2.26. The van der Waals surface area contributed by atoms with Crippen molar-refractivity contribution in [3.8, 4) is 0 Å². The number of carbonyl (C=O) groups excluding carboxylic acids is 1. The third-order valence-corrected chi connectivity index (χ3v) is 2.86. The number of anilines is 1. The van der Waals surface area contributed by atoms with E-state index in [1.54, 1.807) is 6.20 Å². The minimum atomic E-state index is -1.96. The van der Waals surface area contributed by atoms with Crippen molar-refractivity contribution < 1.29 is 4.79 Å². The first-order chi connectivity index (χ1) is 5.89. The van der Waals surface area contributed by atoms with Crippen LogP contribution in [-0.2, 0) is 4.79 Å². The van der Waals surface area contributed by atoms with Crippen molar-refractivity contribution in [1.29, 1.82) is 0 Å². The quantitative estimate of drug-likeness (QED) is 0.806. The second-order valence-corrected chi connectivity index (χ2v) is 6.61. The highest BCUT2D eigenvalue weighted by Gasteiger charge is 2.31. The highest BCUT2D eigenvalue weighted by Crippen LogP contribution is 2.29. The van der Waals surface area contributed by atoms with Gasteiger partial charge in [0, 0.05) is 0 Å². The van der Waals surface area contributed by atoms with Crippen molar-refractivity contribution in [3.63, 3.8) is 0 Å². The molecule has 1 amide bonds. The van der Waals surface area contributed by atoms with Crippen molar-refractivity contribution >= 4 is 73.1 Å². The van der Waals surface area contributed by atoms with Crippen LogP contribution in [0.5, 0.6) is 0 Å². The molecule has 8 heteroatoms. The maximum atomic E-state index is 11.1. The molecular weight excluding hydrogens is 322 g/mol. The molecule has 1 aromatic heterocycles. The Morgan fingerprint density at radius 2 is 2.23 bits per heavy atom. The molecule has 0 bridgehead atoms. The summed E-state index contributed by atoms with van der Waals surface area (Å²) in [5, 5.41) is 2.72. The summed E-state index contributed by atoms with van der Waals surface area (Å²) >= 11 is 20.4. The largest absolute Gasteiger partial charge is 0.298 e. The van der Waals surface area contributed by atoms with Crippen LogP contribution in [0.2, 0.25) is 0 Å². The SMILES string of the molecule is O=C(Nc1ncc(Br)s1)C(Cl)(Cl)Cl. The fourth-order valence-electron chi connectivity index (χ4n) is 0.480. The molecule has 1 aromatic rings. The molecule has 13 heavy (non-hydrogen) atoms. The highest BCUT2D eigenvalue weighted by molar-refractivity contribution is 9.11. The van der Waals surface area contributed by atoms with E-state index >= 15 is 0 Å². The van der Waals surface area contributed by atoms with Gasteiger partial charge < -0.3 is 0 Å². The van der Waals surface area contributed by atoms with Gasteiger partial charge in [-0.2, -0.15) is 0 Å². The van der Waals surface area contributed by atoms with Crippen molar-refractivity contribution in [3.05, 3.63) is 9.98 Å². The Hall–Kier alpha value is 0.450. The summed E-state index contributed by atoms with van der Waals surface area (Å²) in [6, 6.07) is 0. The van der Waals surface area contributed by atoms with E-state index in [-0.39, 0.29) is 0 Å². The van der Waals surface area contributed by atoms with Gasteiger partial charge in [0.1, 0.15) is 0 Å². The molecule has 0 radical (unpaired) electrons. The first kappa shape index (κ1) is 11.5. The van der Waals surface area contributed by atoms with Gasteiger partial charge in [-0.05, 0) is 15.9 Å². The summed E-state index contributed by atoms with van der Waals surface area (Å²) in [6.07, 6.45) is 1.54. The van der Waals surface area contributed by atoms with Gasteiger partial charge in [-0.15, -0.1) is 0 Å². The normalized spacial score (nSPS) is 11.4. The minimum absolute atomic E-state index is 0.378. The van der Waals surface area contributed by atoms with Gasteiger partial charge in [0.2, 0.25) is 0 Å². The summed E-state index contributed by atoms with van der Waals surface area (Å²) in [4.78, 5) is 14.9. The number of rotatable bonds is 1. The molecule has 0 saturated heterocycles. The van der Waals surface area contributed by atoms with Crippen molar-refractivity contribution in [2.45, 2.75) is 3.79 Å². The second kappa shape index (κ2) is 4.31. The first-order valence-electron chi connectivity index (χ1n) is 2.89. The lowest BCUT2D eigenvalue weighted by molar-refractivity contribution is -0.115. The van der Waals surface area contributed by atoms with Gasteiger partial charge in [0.25, 0.3) is 9.70 Å². The topological polar surface area (TPSA) is 42.0 Å². The fraction of sp³-hybridized carbons (Fsp3) is 0.200. The minimum Gasteiger partial charge on any atom is -0.298 e. The molecule has 0 atom stereocenters. The number of aromatic nitrogens is 1. The number of hydrogen-bond acceptors (Lipinski definition) is 3. The summed E-state index contributed by atoms with van der Waals surface area (Å²) in [7, 11) is 0. The Balaban J connectivity index is 2.65. The van der Waals surface area contributed by atoms with Crippen LogP contribution in [0, 0.1) is 0 Å². The molecule has 0 fully saturated rings. The average molecular weight is 324 g/mol. The number of thiazole rings is 1. The molecular formula is C5H2BrCl3N2OS. The number of alkyl halides is 3. The lowest BCUT2D eigenvalue weighted by Gasteiger charge is -2.08. The summed E-state index contributed by atoms with van der Waals surface area (Å²) in [6.45, 7) is 0. The number of nitrogens with zero attached hydrogens (tertiary/aromatic N) is 1. The predicted molar refractivity (Wildman–Crippen MR) is 58.7 cm³/mol. The Bertz CT molecular complexity index is 324. The second-order valence-electron chi connectivity index (χ2n) is 1.92. The number of carbonyl (C=O) groups is 1. The van der Waals surface area contributed by atoms with Crippen LogP contribution in [0.15, 0.2) is 9.98 Å². The molecule has 0 aliphatic rings. The monoisotopic (exact) mass is 322 g/mol. The maximum Gasteiger partial charge on any atom is 0.278 e. The molecule has 1 heterocycles. The Labute approximate surface area is 102 Å². The Morgan fingerprint density at radius 1 is 1.62 bits per heavy atom. The van der Waals surface area contributed by atoms with Gasteiger partial charge in [-0.3, -0.25) is 10.1 Å². The van der Waals surface area contributed by atoms with E-state index in [0.717, 1.165) is 3.79 Å². The van der Waals surface area contributed by atoms with Crippen LogP contribution in [0.3, 0.4) is 0 Å². The van der Waals surface area contributed by atoms with Crippen molar-refractivity contribution in [1.82, 2.24) is 4.98 Å². The van der Waals surface area contributed by atoms with E-state index in [9.17, 15) is 4.79 Å². The maximum absolute atomic E-state index is 11.1. The average Bonchev–Trinajstić information content (AvgIpc) is 2.33. The summed E-state index contributed by atoms with van der Waals surface area (Å²) in [5.74, 6) is -0.723. The molecule has 1 N–H and O–H groups in total. The predicted octanol–water partition coefficient (Wildman–Crippen LogP) is 3.21. The summed E-state index contributed by atoms with van der Waals surface area (Å²) in [5.41, 5.74) is 0. The van der Waals surface area contributed by atoms with Crippen LogP contribution in [0.1, 0.15) is 0 Å². The Kier molecular flexibility index (Phi) is 3.82. The lowest BCUT2D eigenvalue weighted by atomic mass is 10.7. The van der Waals surface area contributed by atoms with Gasteiger partial charge >= 0.3 is 0 Å². The molecule has 0 aliphatic heterocycles. The van der Waals surface area contributed by atoms with Crippen LogP contribution >= 0.6 is 62.1 Å². The van der Waals surface area contributed by atoms with E-state index in [1.807, 2.05) is 0 Å². The smallest absolute Gasteiger partial charge is 0.278 e. The van der Waals surface area contributed by atoms with Crippen molar-refractivity contribution in [2.24, 2.45) is 0 Å². The number of nitrogens with one attached hydrogen (secondary N) is 1. The van der Waals surface area contributed by atoms with Crippen LogP contribution in [-0.4, -0.2) is 14.7 Å². The fourth-order valence-corrected chi connectivity index (χ4v) is 1.72. The van der Waals surface area contributed by atoms with E-state index in [1.165, 1.54) is 11.3 Å². The Morgan fingerprint density at radius 3 is 2.62 bits per heavy atom. The first-order valence-corrected chi connectivity index (χ1v) is 5.63. The zero-order chi connectivity index (χ0) is 10.1. The van der Waals surface area contributed by atoms with Crippen LogP contribution < -0.4 is 5.32 Å².